The summed E-state index contributed by atoms with van der Waals surface area (Å²) in [5.74, 6) is -1.24. The van der Waals surface area contributed by atoms with Crippen LogP contribution in [0, 0.1) is 18.6 Å². The molecule has 1 saturated heterocycles. The van der Waals surface area contributed by atoms with Gasteiger partial charge in [0.15, 0.2) is 0 Å². The highest BCUT2D eigenvalue weighted by atomic mass is 19.1. The van der Waals surface area contributed by atoms with Gasteiger partial charge >= 0.3 is 0 Å². The Morgan fingerprint density at radius 2 is 2.24 bits per heavy atom. The van der Waals surface area contributed by atoms with Gasteiger partial charge in [0.05, 0.1) is 11.6 Å². The second kappa shape index (κ2) is 5.27. The molecule has 0 aliphatic carbocycles. The average Bonchev–Trinajstić information content (AvgIpc) is 3.06. The first-order valence-corrected chi connectivity index (χ1v) is 6.84. The molecule has 1 N–H and O–H groups in total. The number of halogens is 2. The summed E-state index contributed by atoms with van der Waals surface area (Å²) >= 11 is 0. The summed E-state index contributed by atoms with van der Waals surface area (Å²) < 4.78 is 26.7. The first kappa shape index (κ1) is 13.7. The van der Waals surface area contributed by atoms with Gasteiger partial charge in [0.25, 0.3) is 5.91 Å². The van der Waals surface area contributed by atoms with Crippen LogP contribution in [0.5, 0.6) is 0 Å². The Balaban J connectivity index is 1.89. The quantitative estimate of drug-likeness (QED) is 0.924. The Kier molecular flexibility index (Phi) is 3.45. The maximum atomic E-state index is 13.8. The van der Waals surface area contributed by atoms with Gasteiger partial charge in [0.1, 0.15) is 17.5 Å². The molecule has 1 atom stereocenters. The summed E-state index contributed by atoms with van der Waals surface area (Å²) in [6, 6.07) is 2.83. The molecule has 1 unspecified atom stereocenters. The minimum atomic E-state index is -0.832. The molecule has 0 spiro atoms. The number of aryl methyl sites for hydroxylation is 1. The number of H-pyrrole nitrogens is 1. The molecule has 21 heavy (non-hydrogen) atoms. The van der Waals surface area contributed by atoms with Gasteiger partial charge in [-0.3, -0.25) is 4.79 Å². The molecule has 1 aliphatic rings. The third kappa shape index (κ3) is 2.53. The van der Waals surface area contributed by atoms with Gasteiger partial charge in [0.2, 0.25) is 0 Å². The summed E-state index contributed by atoms with van der Waals surface area (Å²) in [6.45, 7) is 2.43. The molecule has 1 fully saturated rings. The van der Waals surface area contributed by atoms with E-state index in [0.717, 1.165) is 30.7 Å². The van der Waals surface area contributed by atoms with Crippen molar-refractivity contribution in [1.82, 2.24) is 14.9 Å². The molecule has 1 aromatic carbocycles. The van der Waals surface area contributed by atoms with Crippen molar-refractivity contribution < 1.29 is 13.6 Å². The summed E-state index contributed by atoms with van der Waals surface area (Å²) in [4.78, 5) is 21.5. The number of hydrogen-bond acceptors (Lipinski definition) is 2. The fourth-order valence-electron chi connectivity index (χ4n) is 2.71. The molecule has 2 aromatic rings. The van der Waals surface area contributed by atoms with Crippen LogP contribution in [0.25, 0.3) is 0 Å². The lowest BCUT2D eigenvalue weighted by molar-refractivity contribution is 0.0725. The van der Waals surface area contributed by atoms with Gasteiger partial charge < -0.3 is 9.88 Å². The van der Waals surface area contributed by atoms with Crippen LogP contribution in [-0.2, 0) is 0 Å². The topological polar surface area (TPSA) is 49.0 Å². The van der Waals surface area contributed by atoms with E-state index >= 15 is 0 Å². The monoisotopic (exact) mass is 291 g/mol. The van der Waals surface area contributed by atoms with Crippen LogP contribution in [0.3, 0.4) is 0 Å². The highest BCUT2D eigenvalue weighted by molar-refractivity contribution is 5.94. The SMILES string of the molecule is Cc1cnc(C2CCCN2C(=O)c2ccc(F)cc2F)[nH]1. The predicted octanol–water partition coefficient (Wildman–Crippen LogP) is 2.97. The van der Waals surface area contributed by atoms with E-state index in [1.807, 2.05) is 6.92 Å². The number of likely N-dealkylation sites (tertiary alicyclic amines) is 1. The maximum absolute atomic E-state index is 13.8. The molecule has 1 aromatic heterocycles. The molecule has 110 valence electrons. The molecule has 1 amide bonds. The zero-order chi connectivity index (χ0) is 15.0. The lowest BCUT2D eigenvalue weighted by Crippen LogP contribution is -2.31. The highest BCUT2D eigenvalue weighted by Gasteiger charge is 2.33. The molecular formula is C15H15F2N3O. The van der Waals surface area contributed by atoms with Gasteiger partial charge in [-0.1, -0.05) is 0 Å². The van der Waals surface area contributed by atoms with Crippen molar-refractivity contribution in [2.24, 2.45) is 0 Å². The molecular weight excluding hydrogens is 276 g/mol. The molecule has 4 nitrogen and oxygen atoms in total. The second-order valence-corrected chi connectivity index (χ2v) is 5.23. The van der Waals surface area contributed by atoms with Crippen LogP contribution in [-0.4, -0.2) is 27.3 Å². The molecule has 3 rings (SSSR count). The Hall–Kier alpha value is -2.24. The fraction of sp³-hybridized carbons (Fsp3) is 0.333. The predicted molar refractivity (Wildman–Crippen MR) is 72.7 cm³/mol. The van der Waals surface area contributed by atoms with Gasteiger partial charge in [-0.25, -0.2) is 13.8 Å². The second-order valence-electron chi connectivity index (χ2n) is 5.23. The van der Waals surface area contributed by atoms with E-state index in [0.29, 0.717) is 12.4 Å². The number of imidazole rings is 1. The molecule has 0 saturated carbocycles. The van der Waals surface area contributed by atoms with Crippen molar-refractivity contribution in [2.45, 2.75) is 25.8 Å². The minimum Gasteiger partial charge on any atom is -0.344 e. The third-order valence-electron chi connectivity index (χ3n) is 3.71. The first-order chi connectivity index (χ1) is 10.1. The number of benzene rings is 1. The number of aromatic nitrogens is 2. The Bertz CT molecular complexity index is 683. The zero-order valence-corrected chi connectivity index (χ0v) is 11.6. The molecule has 1 aliphatic heterocycles. The van der Waals surface area contributed by atoms with E-state index in [1.54, 1.807) is 11.1 Å². The van der Waals surface area contributed by atoms with E-state index in [4.69, 9.17) is 0 Å². The van der Waals surface area contributed by atoms with Crippen LogP contribution in [0.15, 0.2) is 24.4 Å². The number of aromatic amines is 1. The summed E-state index contributed by atoms with van der Waals surface area (Å²) in [7, 11) is 0. The van der Waals surface area contributed by atoms with Crippen molar-refractivity contribution in [1.29, 1.82) is 0 Å². The van der Waals surface area contributed by atoms with Crippen molar-refractivity contribution in [3.8, 4) is 0 Å². The van der Waals surface area contributed by atoms with Crippen molar-refractivity contribution in [2.75, 3.05) is 6.54 Å². The standard InChI is InChI=1S/C15H15F2N3O/c1-9-8-18-14(19-9)13-3-2-6-20(13)15(21)11-5-4-10(16)7-12(11)17/h4-5,7-8,13H,2-3,6H2,1H3,(H,18,19). The van der Waals surface area contributed by atoms with Crippen LogP contribution in [0.1, 0.15) is 40.8 Å². The Morgan fingerprint density at radius 1 is 1.43 bits per heavy atom. The highest BCUT2D eigenvalue weighted by Crippen LogP contribution is 2.31. The number of carbonyl (C=O) groups excluding carboxylic acids is 1. The van der Waals surface area contributed by atoms with E-state index < -0.39 is 17.5 Å². The molecule has 6 heteroatoms. The molecule has 2 heterocycles. The smallest absolute Gasteiger partial charge is 0.257 e. The number of rotatable bonds is 2. The van der Waals surface area contributed by atoms with Crippen LogP contribution in [0.2, 0.25) is 0 Å². The van der Waals surface area contributed by atoms with Crippen molar-refractivity contribution in [3.63, 3.8) is 0 Å². The van der Waals surface area contributed by atoms with Crippen LogP contribution < -0.4 is 0 Å². The van der Waals surface area contributed by atoms with E-state index in [2.05, 4.69) is 9.97 Å². The first-order valence-electron chi connectivity index (χ1n) is 6.84. The summed E-state index contributed by atoms with van der Waals surface area (Å²) in [5.41, 5.74) is 0.809. The maximum Gasteiger partial charge on any atom is 0.257 e. The minimum absolute atomic E-state index is 0.105. The average molecular weight is 291 g/mol. The van der Waals surface area contributed by atoms with E-state index in [1.165, 1.54) is 6.07 Å². The van der Waals surface area contributed by atoms with E-state index in [-0.39, 0.29) is 11.6 Å². The normalized spacial score (nSPS) is 18.2. The largest absolute Gasteiger partial charge is 0.344 e. The van der Waals surface area contributed by atoms with Gasteiger partial charge in [-0.05, 0) is 31.9 Å². The van der Waals surface area contributed by atoms with Gasteiger partial charge in [-0.2, -0.15) is 0 Å². The number of nitrogens with zero attached hydrogens (tertiary/aromatic N) is 2. The molecule has 0 radical (unpaired) electrons. The molecule has 0 bridgehead atoms. The summed E-state index contributed by atoms with van der Waals surface area (Å²) in [6.07, 6.45) is 3.31. The number of amides is 1. The van der Waals surface area contributed by atoms with Crippen molar-refractivity contribution in [3.05, 3.63) is 53.1 Å². The lowest BCUT2D eigenvalue weighted by Gasteiger charge is -2.23. The number of hydrogen-bond donors (Lipinski definition) is 1. The third-order valence-corrected chi connectivity index (χ3v) is 3.71. The Labute approximate surface area is 120 Å². The Morgan fingerprint density at radius 3 is 2.90 bits per heavy atom. The number of nitrogens with one attached hydrogen (secondary N) is 1. The fourth-order valence-corrected chi connectivity index (χ4v) is 2.71. The van der Waals surface area contributed by atoms with Crippen LogP contribution in [0.4, 0.5) is 8.78 Å². The zero-order valence-electron chi connectivity index (χ0n) is 11.6. The number of carbonyl (C=O) groups is 1. The van der Waals surface area contributed by atoms with Gasteiger partial charge in [-0.15, -0.1) is 0 Å². The summed E-state index contributed by atoms with van der Waals surface area (Å²) in [5, 5.41) is 0. The van der Waals surface area contributed by atoms with Gasteiger partial charge in [0, 0.05) is 24.5 Å². The van der Waals surface area contributed by atoms with Crippen molar-refractivity contribution >= 4 is 5.91 Å². The van der Waals surface area contributed by atoms with E-state index in [9.17, 15) is 13.6 Å². The van der Waals surface area contributed by atoms with Crippen LogP contribution >= 0.6 is 0 Å². The lowest BCUT2D eigenvalue weighted by atomic mass is 10.1.